The number of carbonyl (C=O) groups is 3. The second-order valence-corrected chi connectivity index (χ2v) is 22.5. The van der Waals surface area contributed by atoms with Crippen molar-refractivity contribution in [2.45, 2.75) is 57.8 Å². The minimum atomic E-state index is -0.469. The van der Waals surface area contributed by atoms with Crippen molar-refractivity contribution >= 4 is 86.6 Å². The second kappa shape index (κ2) is 27.4. The summed E-state index contributed by atoms with van der Waals surface area (Å²) in [6.07, 6.45) is 26.1. The third-order valence-corrected chi connectivity index (χ3v) is 16.4. The number of nitrogens with two attached hydrogens (primary N) is 3. The molecule has 93 heavy (non-hydrogen) atoms. The molecule has 3 fully saturated rings. The Morgan fingerprint density at radius 3 is 1.08 bits per heavy atom. The minimum Gasteiger partial charge on any atom is -0.372 e. The van der Waals surface area contributed by atoms with Gasteiger partial charge in [-0.05, 0) is 131 Å². The monoisotopic (exact) mass is 1240 g/mol. The summed E-state index contributed by atoms with van der Waals surface area (Å²) >= 11 is 0. The topological polar surface area (TPSA) is 343 Å². The molecule has 0 atom stereocenters. The van der Waals surface area contributed by atoms with E-state index in [1.165, 1.54) is 82.5 Å². The van der Waals surface area contributed by atoms with Crippen LogP contribution in [-0.4, -0.2) is 131 Å². The second-order valence-electron chi connectivity index (χ2n) is 22.5. The van der Waals surface area contributed by atoms with Crippen molar-refractivity contribution in [3.05, 3.63) is 182 Å². The molecule has 3 aliphatic heterocycles. The van der Waals surface area contributed by atoms with Gasteiger partial charge in [0.2, 0.25) is 23.7 Å². The SMILES string of the molecule is NC(=O)c1ccc(-c2cnc(Nc3ccc(N4CCCCC4)cc3)c3ncnn23)cc1.NC(=O)c1ccc(-c2cnc(Nc3ccc(N4CCCCC4)nc3)c3ncnn23)cc1.NC(=O)c1ccc(-c2cnc(Nc3cnc(N4CCCCC4)nc3)c3ncnn23)cc1. The van der Waals surface area contributed by atoms with Crippen LogP contribution in [0.5, 0.6) is 0 Å². The van der Waals surface area contributed by atoms with Crippen LogP contribution in [0.2, 0.25) is 0 Å². The summed E-state index contributed by atoms with van der Waals surface area (Å²) in [4.78, 5) is 81.3. The number of rotatable bonds is 15. The molecule has 9 N–H and O–H groups in total. The van der Waals surface area contributed by atoms with Crippen molar-refractivity contribution in [1.82, 2.24) is 73.7 Å². The number of amides is 3. The number of nitrogens with one attached hydrogen (secondary N) is 3. The first-order chi connectivity index (χ1) is 45.6. The zero-order valence-corrected chi connectivity index (χ0v) is 50.7. The molecule has 3 saturated heterocycles. The Bertz CT molecular complexity index is 4100. The largest absolute Gasteiger partial charge is 0.372 e. The number of primary amides is 3. The molecule has 0 bridgehead atoms. The maximum atomic E-state index is 11.3. The number of piperidine rings is 3. The Morgan fingerprint density at radius 1 is 0.333 bits per heavy atom. The van der Waals surface area contributed by atoms with Crippen molar-refractivity contribution in [3.63, 3.8) is 0 Å². The first-order valence-electron chi connectivity index (χ1n) is 30.8. The number of pyridine rings is 1. The van der Waals surface area contributed by atoms with Gasteiger partial charge in [0, 0.05) is 84.0 Å². The van der Waals surface area contributed by atoms with Gasteiger partial charge in [-0.3, -0.25) is 14.4 Å². The van der Waals surface area contributed by atoms with Gasteiger partial charge in [-0.25, -0.2) is 58.4 Å². The lowest BCUT2D eigenvalue weighted by molar-refractivity contribution is 0.0992. The van der Waals surface area contributed by atoms with Crippen LogP contribution < -0.4 is 47.9 Å². The van der Waals surface area contributed by atoms with E-state index in [0.717, 1.165) is 102 Å². The number of fused-ring (bicyclic) bond motifs is 3. The quantitative estimate of drug-likeness (QED) is 0.0557. The highest BCUT2D eigenvalue weighted by molar-refractivity contribution is 5.94. The van der Waals surface area contributed by atoms with Crippen LogP contribution in [0.1, 0.15) is 88.9 Å². The van der Waals surface area contributed by atoms with Gasteiger partial charge in [0.1, 0.15) is 24.8 Å². The average molecular weight is 1240 g/mol. The first-order valence-corrected chi connectivity index (χ1v) is 30.8. The molecular weight excluding hydrogens is 1180 g/mol. The lowest BCUT2D eigenvalue weighted by atomic mass is 10.1. The first kappa shape index (κ1) is 59.9. The van der Waals surface area contributed by atoms with E-state index in [0.29, 0.717) is 51.1 Å². The van der Waals surface area contributed by atoms with Gasteiger partial charge in [-0.1, -0.05) is 36.4 Å². The molecule has 8 aromatic heterocycles. The van der Waals surface area contributed by atoms with Gasteiger partial charge in [-0.15, -0.1) is 0 Å². The number of anilines is 9. The molecule has 4 aromatic carbocycles. The van der Waals surface area contributed by atoms with Gasteiger partial charge >= 0.3 is 0 Å². The third kappa shape index (κ3) is 13.6. The van der Waals surface area contributed by atoms with E-state index in [2.05, 4.69) is 115 Å². The number of aromatic nitrogens is 15. The lowest BCUT2D eigenvalue weighted by Crippen LogP contribution is -2.30. The van der Waals surface area contributed by atoms with Crippen LogP contribution in [0.25, 0.3) is 50.7 Å². The number of nitrogens with zero attached hydrogens (tertiary/aromatic N) is 18. The van der Waals surface area contributed by atoms with E-state index in [-0.39, 0.29) is 0 Å². The fraction of sp³-hybridized carbons (Fsp3) is 0.227. The molecule has 0 radical (unpaired) electrons. The molecule has 27 nitrogen and oxygen atoms in total. The number of carbonyl (C=O) groups excluding carboxylic acids is 3. The smallest absolute Gasteiger partial charge is 0.248 e. The number of benzene rings is 4. The Hall–Kier alpha value is -12.0. The van der Waals surface area contributed by atoms with E-state index in [1.54, 1.807) is 93.1 Å². The summed E-state index contributed by atoms with van der Waals surface area (Å²) in [5.41, 5.74) is 27.7. The van der Waals surface area contributed by atoms with E-state index in [1.807, 2.05) is 42.6 Å². The molecule has 0 aliphatic carbocycles. The summed E-state index contributed by atoms with van der Waals surface area (Å²) < 4.78 is 5.14. The molecule has 3 amide bonds. The molecule has 0 saturated carbocycles. The highest BCUT2D eigenvalue weighted by Crippen LogP contribution is 2.31. The summed E-state index contributed by atoms with van der Waals surface area (Å²) in [6, 6.07) is 33.4. The lowest BCUT2D eigenvalue weighted by Gasteiger charge is -2.28. The molecule has 15 rings (SSSR count). The fourth-order valence-corrected chi connectivity index (χ4v) is 11.5. The molecule has 468 valence electrons. The van der Waals surface area contributed by atoms with E-state index in [9.17, 15) is 14.4 Å². The van der Waals surface area contributed by atoms with Gasteiger partial charge < -0.3 is 47.9 Å². The predicted molar refractivity (Wildman–Crippen MR) is 355 cm³/mol. The fourth-order valence-electron chi connectivity index (χ4n) is 11.5. The molecule has 0 unspecified atom stereocenters. The third-order valence-electron chi connectivity index (χ3n) is 16.4. The van der Waals surface area contributed by atoms with Crippen LogP contribution in [0.15, 0.2) is 165 Å². The number of hydrogen-bond acceptors (Lipinski definition) is 21. The van der Waals surface area contributed by atoms with Crippen LogP contribution in [0.4, 0.5) is 52.0 Å². The standard InChI is InChI=1S/C23H23N7O.C22H22N8O.C21H21N9O/c24-21(31)17-6-4-16(5-7-17)20-14-25-22(23-26-15-27-30(20)23)28-18-8-10-19(11-9-18)29-12-2-1-3-13-29;23-20(31)16-6-4-15(5-7-16)18-13-25-21(22-26-14-27-30(18)22)28-17-8-9-19(24-12-17)29-10-2-1-3-11-29;22-18(31)15-6-4-14(5-7-15)17-12-23-19(20-26-13-27-30(17)20)28-16-10-24-21(25-11-16)29-8-2-1-3-9-29/h4-11,14-15H,1-3,12-13H2,(H2,24,31)(H,25,28);4-9,12-14H,1-3,10-11H2,(H2,23,31)(H,25,28);4-7,10-13H,1-3,8-9H2,(H2,22,31)(H,23,28). The summed E-state index contributed by atoms with van der Waals surface area (Å²) in [5, 5.41) is 22.9. The van der Waals surface area contributed by atoms with Crippen molar-refractivity contribution in [1.29, 1.82) is 0 Å². The van der Waals surface area contributed by atoms with Crippen molar-refractivity contribution in [2.24, 2.45) is 17.2 Å². The Kier molecular flexibility index (Phi) is 17.6. The normalized spacial score (nSPS) is 14.0. The van der Waals surface area contributed by atoms with E-state index in [4.69, 9.17) is 17.2 Å². The Labute approximate surface area is 533 Å². The van der Waals surface area contributed by atoms with E-state index >= 15 is 0 Å². The molecule has 3 aliphatic rings. The maximum absolute atomic E-state index is 11.3. The van der Waals surface area contributed by atoms with Crippen molar-refractivity contribution in [2.75, 3.05) is 69.9 Å². The molecular formula is C66H66N24O3. The number of hydrogen-bond donors (Lipinski definition) is 6. The van der Waals surface area contributed by atoms with E-state index < -0.39 is 17.7 Å². The van der Waals surface area contributed by atoms with Gasteiger partial charge in [-0.2, -0.15) is 15.3 Å². The Morgan fingerprint density at radius 2 is 0.688 bits per heavy atom. The van der Waals surface area contributed by atoms with Crippen LogP contribution in [0, 0.1) is 0 Å². The van der Waals surface area contributed by atoms with Crippen molar-refractivity contribution in [3.8, 4) is 33.8 Å². The zero-order valence-electron chi connectivity index (χ0n) is 50.7. The van der Waals surface area contributed by atoms with Gasteiger partial charge in [0.15, 0.2) is 34.4 Å². The molecule has 11 heterocycles. The molecule has 27 heteroatoms. The van der Waals surface area contributed by atoms with Crippen molar-refractivity contribution < 1.29 is 14.4 Å². The zero-order chi connectivity index (χ0) is 63.6. The average Bonchev–Trinajstić information content (AvgIpc) is 1.79. The predicted octanol–water partition coefficient (Wildman–Crippen LogP) is 9.06. The Balaban J connectivity index is 0.000000127. The summed E-state index contributed by atoms with van der Waals surface area (Å²) in [5.74, 6) is 2.12. The maximum Gasteiger partial charge on any atom is 0.248 e. The summed E-state index contributed by atoms with van der Waals surface area (Å²) in [7, 11) is 0. The van der Waals surface area contributed by atoms with Crippen LogP contribution in [0.3, 0.4) is 0 Å². The van der Waals surface area contributed by atoms with Crippen LogP contribution in [-0.2, 0) is 0 Å². The van der Waals surface area contributed by atoms with Gasteiger partial charge in [0.25, 0.3) is 0 Å². The highest BCUT2D eigenvalue weighted by Gasteiger charge is 2.20. The van der Waals surface area contributed by atoms with Crippen LogP contribution >= 0.6 is 0 Å². The highest BCUT2D eigenvalue weighted by atomic mass is 16.2. The minimum absolute atomic E-state index is 0.442. The summed E-state index contributed by atoms with van der Waals surface area (Å²) in [6.45, 7) is 6.35. The molecule has 12 aromatic rings. The van der Waals surface area contributed by atoms with Gasteiger partial charge in [0.05, 0.1) is 65.6 Å². The molecule has 0 spiro atoms.